The van der Waals surface area contributed by atoms with Crippen molar-refractivity contribution in [1.82, 2.24) is 4.72 Å². The fourth-order valence-corrected chi connectivity index (χ4v) is 1.90. The summed E-state index contributed by atoms with van der Waals surface area (Å²) in [5.74, 6) is -3.32. The molecule has 1 aromatic rings. The normalized spacial score (nSPS) is 12.3. The van der Waals surface area contributed by atoms with E-state index in [0.717, 1.165) is 18.4 Å². The SMILES string of the molecule is CC(C)(C)OC(=O)c1c(F)cc(CNS(C)(=O)=O)cc1F. The standard InChI is InChI=1S/C13H17F2NO4S/c1-13(2,3)20-12(17)11-9(14)5-8(6-10(11)15)7-16-21(4,18)19/h5-6,16H,7H2,1-4H3. The van der Waals surface area contributed by atoms with Crippen molar-refractivity contribution in [3.8, 4) is 0 Å². The van der Waals surface area contributed by atoms with Crippen LogP contribution >= 0.6 is 0 Å². The van der Waals surface area contributed by atoms with E-state index in [4.69, 9.17) is 4.74 Å². The Balaban J connectivity index is 3.03. The van der Waals surface area contributed by atoms with Crippen LogP contribution in [0.5, 0.6) is 0 Å². The molecule has 0 aliphatic carbocycles. The van der Waals surface area contributed by atoms with Crippen LogP contribution in [0.15, 0.2) is 12.1 Å². The van der Waals surface area contributed by atoms with Gasteiger partial charge in [0.2, 0.25) is 10.0 Å². The topological polar surface area (TPSA) is 72.5 Å². The lowest BCUT2D eigenvalue weighted by Crippen LogP contribution is -2.25. The van der Waals surface area contributed by atoms with Crippen LogP contribution in [0.3, 0.4) is 0 Å². The van der Waals surface area contributed by atoms with Gasteiger partial charge < -0.3 is 4.74 Å². The number of halogens is 2. The van der Waals surface area contributed by atoms with Gasteiger partial charge >= 0.3 is 5.97 Å². The van der Waals surface area contributed by atoms with Crippen molar-refractivity contribution in [2.75, 3.05) is 6.26 Å². The van der Waals surface area contributed by atoms with E-state index in [9.17, 15) is 22.0 Å². The van der Waals surface area contributed by atoms with E-state index in [0.29, 0.717) is 0 Å². The van der Waals surface area contributed by atoms with Gasteiger partial charge in [-0.3, -0.25) is 0 Å². The fraction of sp³-hybridized carbons (Fsp3) is 0.462. The van der Waals surface area contributed by atoms with E-state index < -0.39 is 38.8 Å². The zero-order chi connectivity index (χ0) is 16.4. The maximum absolute atomic E-state index is 13.8. The maximum atomic E-state index is 13.8. The minimum absolute atomic E-state index is 0.0581. The third-order valence-corrected chi connectivity index (χ3v) is 2.91. The molecule has 5 nitrogen and oxygen atoms in total. The summed E-state index contributed by atoms with van der Waals surface area (Å²) in [6.45, 7) is 4.45. The third kappa shape index (κ3) is 5.76. The largest absolute Gasteiger partial charge is 0.456 e. The molecule has 8 heteroatoms. The molecule has 1 N–H and O–H groups in total. The molecule has 0 atom stereocenters. The molecule has 0 spiro atoms. The molecule has 0 bridgehead atoms. The van der Waals surface area contributed by atoms with Gasteiger partial charge in [-0.15, -0.1) is 0 Å². The monoisotopic (exact) mass is 321 g/mol. The highest BCUT2D eigenvalue weighted by atomic mass is 32.2. The Morgan fingerprint density at radius 3 is 2.10 bits per heavy atom. The lowest BCUT2D eigenvalue weighted by molar-refractivity contribution is 0.00595. The van der Waals surface area contributed by atoms with Gasteiger partial charge in [0, 0.05) is 6.54 Å². The summed E-state index contributed by atoms with van der Waals surface area (Å²) < 4.78 is 56.6. The molecule has 1 rings (SSSR count). The first-order chi connectivity index (χ1) is 9.39. The second-order valence-corrected chi connectivity index (χ2v) is 7.36. The lowest BCUT2D eigenvalue weighted by Gasteiger charge is -2.20. The molecule has 0 saturated carbocycles. The summed E-state index contributed by atoms with van der Waals surface area (Å²) in [5, 5.41) is 0. The Hall–Kier alpha value is -1.54. The van der Waals surface area contributed by atoms with Crippen molar-refractivity contribution in [3.05, 3.63) is 34.9 Å². The molecule has 0 aromatic heterocycles. The Morgan fingerprint density at radius 1 is 1.24 bits per heavy atom. The summed E-state index contributed by atoms with van der Waals surface area (Å²) in [5.41, 5.74) is -1.62. The van der Waals surface area contributed by atoms with Crippen molar-refractivity contribution < 1.29 is 26.7 Å². The maximum Gasteiger partial charge on any atom is 0.344 e. The first-order valence-corrected chi connectivity index (χ1v) is 7.94. The number of carbonyl (C=O) groups is 1. The number of hydrogen-bond donors (Lipinski definition) is 1. The highest BCUT2D eigenvalue weighted by molar-refractivity contribution is 7.88. The molecule has 0 saturated heterocycles. The Labute approximate surface area is 122 Å². The van der Waals surface area contributed by atoms with Gasteiger partial charge in [-0.05, 0) is 38.5 Å². The van der Waals surface area contributed by atoms with Crippen LogP contribution in [0.2, 0.25) is 0 Å². The van der Waals surface area contributed by atoms with Crippen molar-refractivity contribution >= 4 is 16.0 Å². The predicted molar refractivity (Wildman–Crippen MR) is 73.2 cm³/mol. The van der Waals surface area contributed by atoms with Gasteiger partial charge in [0.05, 0.1) is 6.26 Å². The first kappa shape index (κ1) is 17.5. The van der Waals surface area contributed by atoms with Crippen LogP contribution < -0.4 is 4.72 Å². The van der Waals surface area contributed by atoms with E-state index in [1.165, 1.54) is 0 Å². The summed E-state index contributed by atoms with van der Waals surface area (Å²) in [4.78, 5) is 11.7. The minimum Gasteiger partial charge on any atom is -0.456 e. The van der Waals surface area contributed by atoms with Crippen LogP contribution in [-0.4, -0.2) is 26.2 Å². The number of benzene rings is 1. The number of carbonyl (C=O) groups excluding carboxylic acids is 1. The molecule has 0 radical (unpaired) electrons. The Kier molecular flexibility index (Phi) is 5.06. The molecule has 0 aliphatic rings. The Morgan fingerprint density at radius 2 is 1.71 bits per heavy atom. The molecule has 0 amide bonds. The number of esters is 1. The number of ether oxygens (including phenoxy) is 1. The van der Waals surface area contributed by atoms with E-state index in [1.54, 1.807) is 20.8 Å². The van der Waals surface area contributed by atoms with E-state index in [-0.39, 0.29) is 12.1 Å². The van der Waals surface area contributed by atoms with E-state index in [2.05, 4.69) is 4.72 Å². The Bertz CT molecular complexity index is 628. The van der Waals surface area contributed by atoms with Gasteiger partial charge in [0.1, 0.15) is 22.8 Å². The quantitative estimate of drug-likeness (QED) is 0.861. The third-order valence-electron chi connectivity index (χ3n) is 2.24. The van der Waals surface area contributed by atoms with Crippen LogP contribution in [0.4, 0.5) is 8.78 Å². The average Bonchev–Trinajstić information content (AvgIpc) is 2.21. The molecular formula is C13H17F2NO4S. The van der Waals surface area contributed by atoms with Crippen molar-refractivity contribution in [2.45, 2.75) is 32.9 Å². The average molecular weight is 321 g/mol. The number of hydrogen-bond acceptors (Lipinski definition) is 4. The van der Waals surface area contributed by atoms with Crippen molar-refractivity contribution in [3.63, 3.8) is 0 Å². The first-order valence-electron chi connectivity index (χ1n) is 6.05. The number of rotatable bonds is 4. The summed E-state index contributed by atoms with van der Waals surface area (Å²) in [6, 6.07) is 1.78. The lowest BCUT2D eigenvalue weighted by atomic mass is 10.1. The zero-order valence-electron chi connectivity index (χ0n) is 12.2. The molecule has 1 aromatic carbocycles. The fourth-order valence-electron chi connectivity index (χ4n) is 1.47. The smallest absolute Gasteiger partial charge is 0.344 e. The predicted octanol–water partition coefficient (Wildman–Crippen LogP) is 1.97. The highest BCUT2D eigenvalue weighted by Gasteiger charge is 2.24. The van der Waals surface area contributed by atoms with Gasteiger partial charge in [0.15, 0.2) is 0 Å². The highest BCUT2D eigenvalue weighted by Crippen LogP contribution is 2.19. The van der Waals surface area contributed by atoms with Crippen molar-refractivity contribution in [1.29, 1.82) is 0 Å². The number of sulfonamides is 1. The zero-order valence-corrected chi connectivity index (χ0v) is 13.0. The molecule has 21 heavy (non-hydrogen) atoms. The van der Waals surface area contributed by atoms with Gasteiger partial charge in [-0.25, -0.2) is 26.7 Å². The van der Waals surface area contributed by atoms with Crippen LogP contribution in [-0.2, 0) is 21.3 Å². The van der Waals surface area contributed by atoms with E-state index >= 15 is 0 Å². The molecular weight excluding hydrogens is 304 g/mol. The summed E-state index contributed by atoms with van der Waals surface area (Å²) >= 11 is 0. The second-order valence-electron chi connectivity index (χ2n) is 5.53. The minimum atomic E-state index is -3.49. The molecule has 118 valence electrons. The van der Waals surface area contributed by atoms with Gasteiger partial charge in [-0.2, -0.15) is 0 Å². The molecule has 0 heterocycles. The van der Waals surface area contributed by atoms with Crippen LogP contribution in [0, 0.1) is 11.6 Å². The molecule has 0 unspecified atom stereocenters. The van der Waals surface area contributed by atoms with Gasteiger partial charge in [-0.1, -0.05) is 0 Å². The molecule has 0 fully saturated rings. The van der Waals surface area contributed by atoms with E-state index in [1.807, 2.05) is 0 Å². The van der Waals surface area contributed by atoms with Crippen molar-refractivity contribution in [2.24, 2.45) is 0 Å². The van der Waals surface area contributed by atoms with Gasteiger partial charge in [0.25, 0.3) is 0 Å². The number of nitrogens with one attached hydrogen (secondary N) is 1. The summed E-state index contributed by atoms with van der Waals surface area (Å²) in [7, 11) is -3.49. The van der Waals surface area contributed by atoms with Crippen LogP contribution in [0.25, 0.3) is 0 Å². The molecule has 0 aliphatic heterocycles. The summed E-state index contributed by atoms with van der Waals surface area (Å²) in [6.07, 6.45) is 0.925. The second kappa shape index (κ2) is 6.07. The van der Waals surface area contributed by atoms with Crippen LogP contribution in [0.1, 0.15) is 36.7 Å².